The molecular weight excluding hydrogens is 368 g/mol. The summed E-state index contributed by atoms with van der Waals surface area (Å²) in [7, 11) is -3.73. The zero-order chi connectivity index (χ0) is 17.6. The minimum Gasteiger partial charge on any atom is -0.326 e. The number of nitrogens with zero attached hydrogens (tertiary/aromatic N) is 2. The summed E-state index contributed by atoms with van der Waals surface area (Å²) in [4.78, 5) is 11.1. The third-order valence-corrected chi connectivity index (χ3v) is 6.38. The highest BCUT2D eigenvalue weighted by Gasteiger charge is 2.17. The van der Waals surface area contributed by atoms with Crippen molar-refractivity contribution in [3.63, 3.8) is 0 Å². The highest BCUT2D eigenvalue weighted by Crippen LogP contribution is 2.27. The van der Waals surface area contributed by atoms with Crippen molar-refractivity contribution in [2.24, 2.45) is 0 Å². The van der Waals surface area contributed by atoms with Gasteiger partial charge in [-0.3, -0.25) is 9.52 Å². The molecule has 2 rings (SSSR count). The number of rotatable bonds is 8. The Morgan fingerprint density at radius 2 is 1.96 bits per heavy atom. The van der Waals surface area contributed by atoms with Gasteiger partial charge in [0.2, 0.25) is 11.0 Å². The average Bonchev–Trinajstić information content (AvgIpc) is 2.94. The van der Waals surface area contributed by atoms with Gasteiger partial charge in [0.05, 0.1) is 4.90 Å². The second kappa shape index (κ2) is 8.45. The highest BCUT2D eigenvalue weighted by molar-refractivity contribution is 8.01. The maximum atomic E-state index is 12.3. The van der Waals surface area contributed by atoms with E-state index in [1.54, 1.807) is 11.8 Å². The molecule has 1 aromatic carbocycles. The molecule has 0 radical (unpaired) electrons. The molecule has 2 N–H and O–H groups in total. The van der Waals surface area contributed by atoms with Crippen molar-refractivity contribution in [1.82, 2.24) is 10.2 Å². The van der Waals surface area contributed by atoms with Crippen LogP contribution < -0.4 is 10.0 Å². The standard InChI is InChI=1S/C14H18N4O3S3/c1-3-4-9-22-14-17-16-13(23-14)18-24(20,21)12-7-5-11(6-8-12)15-10(2)19/h5-8H,3-4,9H2,1-2H3,(H,15,19)(H,16,18). The van der Waals surface area contributed by atoms with E-state index >= 15 is 0 Å². The van der Waals surface area contributed by atoms with Crippen LogP contribution in [0.15, 0.2) is 33.5 Å². The van der Waals surface area contributed by atoms with E-state index in [1.165, 1.54) is 42.5 Å². The molecular formula is C14H18N4O3S3. The number of carbonyl (C=O) groups is 1. The van der Waals surface area contributed by atoms with Crippen LogP contribution in [0.25, 0.3) is 0 Å². The predicted octanol–water partition coefficient (Wildman–Crippen LogP) is 3.19. The van der Waals surface area contributed by atoms with Crippen LogP contribution in [0.3, 0.4) is 0 Å². The van der Waals surface area contributed by atoms with Crippen LogP contribution in [0, 0.1) is 0 Å². The number of aromatic nitrogens is 2. The molecule has 7 nitrogen and oxygen atoms in total. The van der Waals surface area contributed by atoms with Gasteiger partial charge in [-0.25, -0.2) is 8.42 Å². The van der Waals surface area contributed by atoms with Gasteiger partial charge >= 0.3 is 0 Å². The summed E-state index contributed by atoms with van der Waals surface area (Å²) in [6.07, 6.45) is 2.17. The first-order chi connectivity index (χ1) is 11.4. The van der Waals surface area contributed by atoms with Gasteiger partial charge in [0.15, 0.2) is 4.34 Å². The lowest BCUT2D eigenvalue weighted by Crippen LogP contribution is -2.13. The highest BCUT2D eigenvalue weighted by atomic mass is 32.2. The Balaban J connectivity index is 2.04. The van der Waals surface area contributed by atoms with Gasteiger partial charge in [0.1, 0.15) is 0 Å². The number of amides is 1. The van der Waals surface area contributed by atoms with Crippen LogP contribution in [-0.2, 0) is 14.8 Å². The molecule has 2 aromatic rings. The van der Waals surface area contributed by atoms with Gasteiger partial charge in [0.25, 0.3) is 10.0 Å². The molecule has 1 aromatic heterocycles. The first-order valence-corrected chi connectivity index (χ1v) is 10.6. The number of hydrogen-bond acceptors (Lipinski definition) is 7. The Hall–Kier alpha value is -1.65. The van der Waals surface area contributed by atoms with Gasteiger partial charge in [-0.05, 0) is 30.7 Å². The van der Waals surface area contributed by atoms with Crippen molar-refractivity contribution in [2.45, 2.75) is 35.9 Å². The number of nitrogens with one attached hydrogen (secondary N) is 2. The molecule has 1 amide bonds. The van der Waals surface area contributed by atoms with E-state index in [0.717, 1.165) is 22.9 Å². The predicted molar refractivity (Wildman–Crippen MR) is 97.1 cm³/mol. The molecule has 1 heterocycles. The van der Waals surface area contributed by atoms with Crippen molar-refractivity contribution < 1.29 is 13.2 Å². The van der Waals surface area contributed by atoms with Crippen LogP contribution in [0.1, 0.15) is 26.7 Å². The number of thioether (sulfide) groups is 1. The molecule has 0 unspecified atom stereocenters. The summed E-state index contributed by atoms with van der Waals surface area (Å²) in [5.41, 5.74) is 0.534. The molecule has 0 spiro atoms. The molecule has 10 heteroatoms. The Morgan fingerprint density at radius 1 is 1.25 bits per heavy atom. The maximum absolute atomic E-state index is 12.3. The lowest BCUT2D eigenvalue weighted by atomic mass is 10.3. The summed E-state index contributed by atoms with van der Waals surface area (Å²) in [6, 6.07) is 5.90. The van der Waals surface area contributed by atoms with Crippen LogP contribution in [-0.4, -0.2) is 30.3 Å². The maximum Gasteiger partial charge on any atom is 0.263 e. The molecule has 0 aliphatic heterocycles. The third-order valence-electron chi connectivity index (χ3n) is 2.84. The first-order valence-electron chi connectivity index (χ1n) is 7.27. The van der Waals surface area contributed by atoms with Crippen molar-refractivity contribution in [3.8, 4) is 0 Å². The second-order valence-electron chi connectivity index (χ2n) is 4.89. The Bertz CT molecular complexity index is 788. The fourth-order valence-corrected chi connectivity index (χ4v) is 4.84. The molecule has 0 bridgehead atoms. The van der Waals surface area contributed by atoms with Crippen LogP contribution >= 0.6 is 23.1 Å². The van der Waals surface area contributed by atoms with E-state index in [9.17, 15) is 13.2 Å². The van der Waals surface area contributed by atoms with Gasteiger partial charge in [0, 0.05) is 18.4 Å². The van der Waals surface area contributed by atoms with Gasteiger partial charge in [-0.1, -0.05) is 36.4 Å². The van der Waals surface area contributed by atoms with E-state index in [4.69, 9.17) is 0 Å². The van der Waals surface area contributed by atoms with Gasteiger partial charge in [-0.2, -0.15) is 0 Å². The topological polar surface area (TPSA) is 101 Å². The monoisotopic (exact) mass is 386 g/mol. The molecule has 0 saturated carbocycles. The summed E-state index contributed by atoms with van der Waals surface area (Å²) in [5.74, 6) is 0.716. The molecule has 0 atom stereocenters. The van der Waals surface area contributed by atoms with Crippen LogP contribution in [0.5, 0.6) is 0 Å². The number of sulfonamides is 1. The molecule has 0 saturated heterocycles. The number of benzene rings is 1. The first kappa shape index (κ1) is 18.7. The van der Waals surface area contributed by atoms with Crippen molar-refractivity contribution in [1.29, 1.82) is 0 Å². The largest absolute Gasteiger partial charge is 0.326 e. The number of hydrogen-bond donors (Lipinski definition) is 2. The molecule has 0 aliphatic rings. The average molecular weight is 387 g/mol. The SMILES string of the molecule is CCCCSc1nnc(NS(=O)(=O)c2ccc(NC(C)=O)cc2)s1. The zero-order valence-corrected chi connectivity index (χ0v) is 15.7. The molecule has 24 heavy (non-hydrogen) atoms. The van der Waals surface area contributed by atoms with Crippen LogP contribution in [0.2, 0.25) is 0 Å². The fraction of sp³-hybridized carbons (Fsp3) is 0.357. The Kier molecular flexibility index (Phi) is 6.58. The second-order valence-corrected chi connectivity index (χ2v) is 8.89. The Morgan fingerprint density at radius 3 is 2.58 bits per heavy atom. The van der Waals surface area contributed by atoms with E-state index in [2.05, 4.69) is 27.2 Å². The smallest absolute Gasteiger partial charge is 0.263 e. The zero-order valence-electron chi connectivity index (χ0n) is 13.3. The van der Waals surface area contributed by atoms with E-state index in [1.807, 2.05) is 0 Å². The quantitative estimate of drug-likeness (QED) is 0.534. The van der Waals surface area contributed by atoms with E-state index < -0.39 is 10.0 Å². The molecule has 0 aliphatic carbocycles. The van der Waals surface area contributed by atoms with Gasteiger partial charge in [-0.15, -0.1) is 10.2 Å². The van der Waals surface area contributed by atoms with Crippen molar-refractivity contribution >= 4 is 49.8 Å². The fourth-order valence-electron chi connectivity index (χ4n) is 1.71. The molecule has 0 fully saturated rings. The summed E-state index contributed by atoms with van der Waals surface area (Å²) in [6.45, 7) is 3.50. The minimum atomic E-state index is -3.73. The number of anilines is 2. The Labute approximate surface area is 149 Å². The normalized spacial score (nSPS) is 11.2. The minimum absolute atomic E-state index is 0.0898. The van der Waals surface area contributed by atoms with E-state index in [0.29, 0.717) is 5.69 Å². The third kappa shape index (κ3) is 5.46. The number of unbranched alkanes of at least 4 members (excludes halogenated alkanes) is 1. The summed E-state index contributed by atoms with van der Waals surface area (Å²) < 4.78 is 27.8. The lowest BCUT2D eigenvalue weighted by Gasteiger charge is -2.06. The summed E-state index contributed by atoms with van der Waals surface area (Å²) >= 11 is 2.78. The van der Waals surface area contributed by atoms with Crippen LogP contribution in [0.4, 0.5) is 10.8 Å². The number of carbonyl (C=O) groups excluding carboxylic acids is 1. The van der Waals surface area contributed by atoms with Crippen molar-refractivity contribution in [2.75, 3.05) is 15.8 Å². The van der Waals surface area contributed by atoms with Crippen molar-refractivity contribution in [3.05, 3.63) is 24.3 Å². The summed E-state index contributed by atoms with van der Waals surface area (Å²) in [5, 5.41) is 10.7. The molecule has 130 valence electrons. The van der Waals surface area contributed by atoms with E-state index in [-0.39, 0.29) is 15.9 Å². The lowest BCUT2D eigenvalue weighted by molar-refractivity contribution is -0.114. The van der Waals surface area contributed by atoms with Gasteiger partial charge < -0.3 is 5.32 Å².